The van der Waals surface area contributed by atoms with Crippen LogP contribution in [0.15, 0.2) is 35.1 Å². The number of nitrogens with zero attached hydrogens (tertiary/aromatic N) is 2. The van der Waals surface area contributed by atoms with Crippen LogP contribution in [0.25, 0.3) is 11.0 Å². The molecule has 5 nitrogen and oxygen atoms in total. The SMILES string of the molecule is Cc1cc(CNCc2c[nH]c3ncccc23)on1. The molecule has 3 aromatic rings. The molecule has 0 aliphatic rings. The fourth-order valence-corrected chi connectivity index (χ4v) is 1.98. The molecule has 0 fully saturated rings. The van der Waals surface area contributed by atoms with Crippen molar-refractivity contribution in [1.82, 2.24) is 20.4 Å². The average molecular weight is 242 g/mol. The van der Waals surface area contributed by atoms with Crippen LogP contribution in [0, 0.1) is 6.92 Å². The Balaban J connectivity index is 1.66. The third kappa shape index (κ3) is 2.12. The lowest BCUT2D eigenvalue weighted by molar-refractivity contribution is 0.369. The first kappa shape index (κ1) is 11.0. The van der Waals surface area contributed by atoms with Crippen molar-refractivity contribution in [3.05, 3.63) is 47.6 Å². The summed E-state index contributed by atoms with van der Waals surface area (Å²) in [6.45, 7) is 3.36. The Bertz CT molecular complexity index is 656. The molecule has 0 bridgehead atoms. The summed E-state index contributed by atoms with van der Waals surface area (Å²) in [5.74, 6) is 0.852. The second-order valence-corrected chi connectivity index (χ2v) is 4.25. The minimum absolute atomic E-state index is 0.674. The van der Waals surface area contributed by atoms with Gasteiger partial charge in [-0.3, -0.25) is 0 Å². The Morgan fingerprint density at radius 2 is 2.33 bits per heavy atom. The van der Waals surface area contributed by atoms with Crippen LogP contribution in [0.4, 0.5) is 0 Å². The summed E-state index contributed by atoms with van der Waals surface area (Å²) in [6.07, 6.45) is 3.77. The molecule has 92 valence electrons. The Kier molecular flexibility index (Phi) is 2.82. The van der Waals surface area contributed by atoms with Crippen molar-refractivity contribution in [3.63, 3.8) is 0 Å². The molecule has 0 aromatic carbocycles. The van der Waals surface area contributed by atoms with Crippen LogP contribution in [0.3, 0.4) is 0 Å². The van der Waals surface area contributed by atoms with Gasteiger partial charge in [-0.2, -0.15) is 0 Å². The van der Waals surface area contributed by atoms with Crippen molar-refractivity contribution in [2.75, 3.05) is 0 Å². The number of aryl methyl sites for hydroxylation is 1. The molecule has 2 N–H and O–H groups in total. The summed E-state index contributed by atoms with van der Waals surface area (Å²) in [7, 11) is 0. The zero-order valence-corrected chi connectivity index (χ0v) is 10.1. The molecule has 0 spiro atoms. The van der Waals surface area contributed by atoms with E-state index in [1.807, 2.05) is 25.3 Å². The van der Waals surface area contributed by atoms with Crippen LogP contribution in [0.2, 0.25) is 0 Å². The number of pyridine rings is 1. The molecule has 0 saturated carbocycles. The third-order valence-electron chi connectivity index (χ3n) is 2.83. The Labute approximate surface area is 104 Å². The monoisotopic (exact) mass is 242 g/mol. The van der Waals surface area contributed by atoms with Crippen molar-refractivity contribution in [2.45, 2.75) is 20.0 Å². The predicted molar refractivity (Wildman–Crippen MR) is 67.9 cm³/mol. The molecule has 0 aliphatic heterocycles. The normalized spacial score (nSPS) is 11.2. The van der Waals surface area contributed by atoms with Crippen LogP contribution in [-0.4, -0.2) is 15.1 Å². The number of hydrogen-bond donors (Lipinski definition) is 2. The van der Waals surface area contributed by atoms with Gasteiger partial charge in [0.2, 0.25) is 0 Å². The molecule has 3 aromatic heterocycles. The van der Waals surface area contributed by atoms with E-state index >= 15 is 0 Å². The number of rotatable bonds is 4. The molecule has 0 unspecified atom stereocenters. The molecule has 0 atom stereocenters. The molecule has 0 radical (unpaired) electrons. The molecule has 18 heavy (non-hydrogen) atoms. The summed E-state index contributed by atoms with van der Waals surface area (Å²) in [4.78, 5) is 7.41. The first-order valence-corrected chi connectivity index (χ1v) is 5.87. The van der Waals surface area contributed by atoms with Gasteiger partial charge in [0, 0.05) is 30.4 Å². The number of aromatic amines is 1. The standard InChI is InChI=1S/C13H14N4O/c1-9-5-11(18-17-9)8-14-6-10-7-16-13-12(10)3-2-4-15-13/h2-5,7,14H,6,8H2,1H3,(H,15,16). The van der Waals surface area contributed by atoms with Gasteiger partial charge in [-0.05, 0) is 24.6 Å². The van der Waals surface area contributed by atoms with Crippen LogP contribution in [0.5, 0.6) is 0 Å². The summed E-state index contributed by atoms with van der Waals surface area (Å²) >= 11 is 0. The number of fused-ring (bicyclic) bond motifs is 1. The second-order valence-electron chi connectivity index (χ2n) is 4.25. The highest BCUT2D eigenvalue weighted by Crippen LogP contribution is 2.15. The van der Waals surface area contributed by atoms with E-state index < -0.39 is 0 Å². The zero-order chi connectivity index (χ0) is 12.4. The van der Waals surface area contributed by atoms with Crippen LogP contribution in [-0.2, 0) is 13.1 Å². The summed E-state index contributed by atoms with van der Waals surface area (Å²) < 4.78 is 5.14. The number of H-pyrrole nitrogens is 1. The van der Waals surface area contributed by atoms with Gasteiger partial charge < -0.3 is 14.8 Å². The van der Waals surface area contributed by atoms with Gasteiger partial charge in [0.05, 0.1) is 12.2 Å². The van der Waals surface area contributed by atoms with Gasteiger partial charge in [-0.1, -0.05) is 5.16 Å². The van der Waals surface area contributed by atoms with E-state index in [0.717, 1.165) is 29.0 Å². The van der Waals surface area contributed by atoms with Crippen molar-refractivity contribution < 1.29 is 4.52 Å². The third-order valence-corrected chi connectivity index (χ3v) is 2.83. The van der Waals surface area contributed by atoms with E-state index in [4.69, 9.17) is 4.52 Å². The van der Waals surface area contributed by atoms with Gasteiger partial charge in [-0.15, -0.1) is 0 Å². The molecule has 0 aliphatic carbocycles. The zero-order valence-electron chi connectivity index (χ0n) is 10.1. The number of hydrogen-bond acceptors (Lipinski definition) is 4. The summed E-state index contributed by atoms with van der Waals surface area (Å²) in [5, 5.41) is 8.33. The molecular weight excluding hydrogens is 228 g/mol. The van der Waals surface area contributed by atoms with Crippen LogP contribution in [0.1, 0.15) is 17.0 Å². The predicted octanol–water partition coefficient (Wildman–Crippen LogP) is 2.15. The Morgan fingerprint density at radius 3 is 3.17 bits per heavy atom. The largest absolute Gasteiger partial charge is 0.360 e. The van der Waals surface area contributed by atoms with Crippen molar-refractivity contribution in [2.24, 2.45) is 0 Å². The molecule has 5 heteroatoms. The van der Waals surface area contributed by atoms with E-state index in [9.17, 15) is 0 Å². The van der Waals surface area contributed by atoms with Gasteiger partial charge in [-0.25, -0.2) is 4.98 Å². The van der Waals surface area contributed by atoms with Crippen molar-refractivity contribution in [3.8, 4) is 0 Å². The maximum Gasteiger partial charge on any atom is 0.150 e. The Morgan fingerprint density at radius 1 is 1.39 bits per heavy atom. The first-order chi connectivity index (χ1) is 8.83. The van der Waals surface area contributed by atoms with E-state index in [2.05, 4.69) is 26.5 Å². The highest BCUT2D eigenvalue weighted by molar-refractivity contribution is 5.79. The topological polar surface area (TPSA) is 66.7 Å². The maximum atomic E-state index is 5.14. The molecule has 3 heterocycles. The van der Waals surface area contributed by atoms with Crippen molar-refractivity contribution >= 4 is 11.0 Å². The lowest BCUT2D eigenvalue weighted by Gasteiger charge is -2.00. The van der Waals surface area contributed by atoms with Crippen molar-refractivity contribution in [1.29, 1.82) is 0 Å². The van der Waals surface area contributed by atoms with Gasteiger partial charge in [0.25, 0.3) is 0 Å². The van der Waals surface area contributed by atoms with Gasteiger partial charge in [0.1, 0.15) is 5.65 Å². The smallest absolute Gasteiger partial charge is 0.150 e. The van der Waals surface area contributed by atoms with E-state index in [-0.39, 0.29) is 0 Å². The quantitative estimate of drug-likeness (QED) is 0.735. The van der Waals surface area contributed by atoms with Gasteiger partial charge >= 0.3 is 0 Å². The minimum Gasteiger partial charge on any atom is -0.360 e. The number of nitrogens with one attached hydrogen (secondary N) is 2. The molecule has 0 amide bonds. The lowest BCUT2D eigenvalue weighted by atomic mass is 10.2. The second kappa shape index (κ2) is 4.62. The van der Waals surface area contributed by atoms with E-state index in [0.29, 0.717) is 6.54 Å². The fourth-order valence-electron chi connectivity index (χ4n) is 1.98. The first-order valence-electron chi connectivity index (χ1n) is 5.87. The average Bonchev–Trinajstić information content (AvgIpc) is 2.97. The number of aromatic nitrogens is 3. The highest BCUT2D eigenvalue weighted by atomic mass is 16.5. The summed E-state index contributed by atoms with van der Waals surface area (Å²) in [5.41, 5.74) is 3.03. The van der Waals surface area contributed by atoms with Gasteiger partial charge in [0.15, 0.2) is 5.76 Å². The van der Waals surface area contributed by atoms with E-state index in [1.165, 1.54) is 5.56 Å². The maximum absolute atomic E-state index is 5.14. The highest BCUT2D eigenvalue weighted by Gasteiger charge is 2.04. The van der Waals surface area contributed by atoms with Crippen LogP contribution >= 0.6 is 0 Å². The minimum atomic E-state index is 0.674. The van der Waals surface area contributed by atoms with E-state index in [1.54, 1.807) is 6.20 Å². The fraction of sp³-hybridized carbons (Fsp3) is 0.231. The summed E-state index contributed by atoms with van der Waals surface area (Å²) in [6, 6.07) is 5.94. The van der Waals surface area contributed by atoms with Crippen LogP contribution < -0.4 is 5.32 Å². The Hall–Kier alpha value is -2.14. The lowest BCUT2D eigenvalue weighted by Crippen LogP contribution is -2.11. The molecule has 3 rings (SSSR count). The molecule has 0 saturated heterocycles. The molecular formula is C13H14N4O.